The van der Waals surface area contributed by atoms with Crippen LogP contribution in [0.1, 0.15) is 51.4 Å². The third kappa shape index (κ3) is 6.55. The van der Waals surface area contributed by atoms with Gasteiger partial charge < -0.3 is 15.3 Å². The number of nitrogens with zero attached hydrogens (tertiary/aromatic N) is 1. The molecule has 0 aromatic carbocycles. The average Bonchev–Trinajstić information content (AvgIpc) is 2.52. The zero-order valence-corrected chi connectivity index (χ0v) is 14.6. The summed E-state index contributed by atoms with van der Waals surface area (Å²) in [5, 5.41) is 24.8. The molecule has 0 amide bonds. The minimum absolute atomic E-state index is 0.239. The van der Waals surface area contributed by atoms with Gasteiger partial charge in [-0.05, 0) is 19.3 Å². The molecule has 26 heavy (non-hydrogen) atoms. The summed E-state index contributed by atoms with van der Waals surface area (Å²) < 4.78 is 0. The largest absolute Gasteiger partial charge is 0.480 e. The van der Waals surface area contributed by atoms with Crippen molar-refractivity contribution in [3.05, 3.63) is 0 Å². The number of rotatable bonds is 6. The summed E-state index contributed by atoms with van der Waals surface area (Å²) in [5.74, 6) is -3.31. The van der Waals surface area contributed by atoms with E-state index in [4.69, 9.17) is 15.3 Å². The Kier molecular flexibility index (Phi) is 8.37. The first-order chi connectivity index (χ1) is 12.2. The lowest BCUT2D eigenvalue weighted by molar-refractivity contribution is -0.147. The molecule has 0 aliphatic heterocycles. The van der Waals surface area contributed by atoms with Crippen molar-refractivity contribution in [2.45, 2.75) is 51.4 Å². The molecule has 9 heteroatoms. The molecule has 0 radical (unpaired) electrons. The van der Waals surface area contributed by atoms with Crippen LogP contribution in [0.4, 0.5) is 0 Å². The molecular weight excluding hydrogens is 346 g/mol. The fraction of sp³-hybridized carbons (Fsp3) is 0.706. The highest BCUT2D eigenvalue weighted by Gasteiger charge is 2.46. The summed E-state index contributed by atoms with van der Waals surface area (Å²) in [6.45, 7) is -1.80. The van der Waals surface area contributed by atoms with E-state index in [1.807, 2.05) is 0 Å². The first-order valence-corrected chi connectivity index (χ1v) is 8.61. The van der Waals surface area contributed by atoms with E-state index in [-0.39, 0.29) is 11.6 Å². The van der Waals surface area contributed by atoms with Crippen LogP contribution in [0.25, 0.3) is 0 Å². The molecule has 2 saturated carbocycles. The normalized spacial score (nSPS) is 19.0. The molecule has 3 N–H and O–H groups in total. The lowest BCUT2D eigenvalue weighted by Crippen LogP contribution is -2.43. The summed E-state index contributed by atoms with van der Waals surface area (Å²) in [6.07, 6.45) is 7.09. The van der Waals surface area contributed by atoms with Crippen molar-refractivity contribution in [2.75, 3.05) is 19.6 Å². The van der Waals surface area contributed by atoms with E-state index in [0.717, 1.165) is 37.0 Å². The molecule has 2 aliphatic rings. The van der Waals surface area contributed by atoms with Crippen LogP contribution in [0.2, 0.25) is 0 Å². The molecule has 2 fully saturated rings. The maximum Gasteiger partial charge on any atom is 0.317 e. The molecule has 0 aromatic rings. The highest BCUT2D eigenvalue weighted by Crippen LogP contribution is 2.42. The van der Waals surface area contributed by atoms with Crippen molar-refractivity contribution in [2.24, 2.45) is 5.41 Å². The Morgan fingerprint density at radius 2 is 1.12 bits per heavy atom. The van der Waals surface area contributed by atoms with Crippen molar-refractivity contribution < 1.29 is 39.3 Å². The second-order valence-corrected chi connectivity index (χ2v) is 6.67. The van der Waals surface area contributed by atoms with Crippen molar-refractivity contribution in [1.82, 2.24) is 4.90 Å². The van der Waals surface area contributed by atoms with E-state index in [1.54, 1.807) is 0 Å². The Bertz CT molecular complexity index is 509. The number of aliphatic carboxylic acids is 3. The number of hydrogen-bond donors (Lipinski definition) is 3. The minimum atomic E-state index is -1.26. The SMILES string of the molecule is O=C(O)CN(CC(=O)O)CC(=O)O.O=C1CCCC(=O)C12CCCCC2. The Morgan fingerprint density at radius 1 is 0.731 bits per heavy atom. The molecule has 1 spiro atoms. The number of carboxylic acid groups (broad SMARTS) is 3. The maximum absolute atomic E-state index is 11.8. The lowest BCUT2D eigenvalue weighted by atomic mass is 9.64. The second kappa shape index (κ2) is 10.0. The van der Waals surface area contributed by atoms with Crippen molar-refractivity contribution in [3.63, 3.8) is 0 Å². The van der Waals surface area contributed by atoms with Gasteiger partial charge in [0, 0.05) is 12.8 Å². The number of carboxylic acids is 3. The zero-order valence-electron chi connectivity index (χ0n) is 14.6. The minimum Gasteiger partial charge on any atom is -0.480 e. The van der Waals surface area contributed by atoms with Crippen LogP contribution in [0.3, 0.4) is 0 Å². The Balaban J connectivity index is 0.000000260. The van der Waals surface area contributed by atoms with Gasteiger partial charge in [0.15, 0.2) is 0 Å². The topological polar surface area (TPSA) is 149 Å². The van der Waals surface area contributed by atoms with Crippen LogP contribution in [-0.4, -0.2) is 69.3 Å². The predicted octanol–water partition coefficient (Wildman–Crippen LogP) is 0.801. The monoisotopic (exact) mass is 371 g/mol. The van der Waals surface area contributed by atoms with Crippen LogP contribution in [0.5, 0.6) is 0 Å². The van der Waals surface area contributed by atoms with Crippen LogP contribution in [0.15, 0.2) is 0 Å². The molecule has 0 heterocycles. The molecule has 2 aliphatic carbocycles. The van der Waals surface area contributed by atoms with Gasteiger partial charge in [-0.15, -0.1) is 0 Å². The number of Topliss-reactive ketones (excluding diaryl/α,β-unsaturated/α-hetero) is 2. The van der Waals surface area contributed by atoms with Gasteiger partial charge in [0.25, 0.3) is 0 Å². The zero-order chi connectivity index (χ0) is 19.7. The molecule has 0 saturated heterocycles. The lowest BCUT2D eigenvalue weighted by Gasteiger charge is -2.37. The summed E-state index contributed by atoms with van der Waals surface area (Å²) in [4.78, 5) is 54.8. The van der Waals surface area contributed by atoms with E-state index in [2.05, 4.69) is 0 Å². The summed E-state index contributed by atoms with van der Waals surface area (Å²) in [7, 11) is 0. The third-order valence-corrected chi connectivity index (χ3v) is 4.66. The van der Waals surface area contributed by atoms with Crippen LogP contribution >= 0.6 is 0 Å². The molecular formula is C17H25NO8. The molecule has 9 nitrogen and oxygen atoms in total. The summed E-state index contributed by atoms with van der Waals surface area (Å²) in [6, 6.07) is 0. The van der Waals surface area contributed by atoms with Gasteiger partial charge in [-0.2, -0.15) is 0 Å². The maximum atomic E-state index is 11.8. The Hall–Kier alpha value is -2.29. The van der Waals surface area contributed by atoms with Crippen LogP contribution in [0, 0.1) is 5.41 Å². The summed E-state index contributed by atoms with van der Waals surface area (Å²) >= 11 is 0. The van der Waals surface area contributed by atoms with E-state index >= 15 is 0 Å². The molecule has 0 unspecified atom stereocenters. The first-order valence-electron chi connectivity index (χ1n) is 8.61. The van der Waals surface area contributed by atoms with E-state index < -0.39 is 43.0 Å². The predicted molar refractivity (Wildman–Crippen MR) is 88.7 cm³/mol. The molecule has 2 rings (SSSR count). The third-order valence-electron chi connectivity index (χ3n) is 4.66. The van der Waals surface area contributed by atoms with Gasteiger partial charge in [0.1, 0.15) is 11.6 Å². The van der Waals surface area contributed by atoms with Crippen molar-refractivity contribution in [3.8, 4) is 0 Å². The van der Waals surface area contributed by atoms with Gasteiger partial charge in [-0.3, -0.25) is 28.9 Å². The molecule has 0 aromatic heterocycles. The van der Waals surface area contributed by atoms with E-state index in [0.29, 0.717) is 12.8 Å². The van der Waals surface area contributed by atoms with Gasteiger partial charge >= 0.3 is 17.9 Å². The molecule has 0 atom stereocenters. The van der Waals surface area contributed by atoms with Gasteiger partial charge in [-0.1, -0.05) is 19.3 Å². The second-order valence-electron chi connectivity index (χ2n) is 6.67. The highest BCUT2D eigenvalue weighted by molar-refractivity contribution is 6.08. The fourth-order valence-corrected chi connectivity index (χ4v) is 3.50. The number of carbonyl (C=O) groups excluding carboxylic acids is 2. The van der Waals surface area contributed by atoms with Crippen LogP contribution < -0.4 is 0 Å². The quantitative estimate of drug-likeness (QED) is 0.576. The van der Waals surface area contributed by atoms with Crippen molar-refractivity contribution >= 4 is 29.5 Å². The number of carbonyl (C=O) groups is 5. The van der Waals surface area contributed by atoms with Crippen LogP contribution in [-0.2, 0) is 24.0 Å². The Labute approximate surface area is 151 Å². The van der Waals surface area contributed by atoms with Crippen molar-refractivity contribution in [1.29, 1.82) is 0 Å². The van der Waals surface area contributed by atoms with E-state index in [9.17, 15) is 24.0 Å². The summed E-state index contributed by atoms with van der Waals surface area (Å²) in [5.41, 5.74) is -0.503. The molecule has 0 bridgehead atoms. The van der Waals surface area contributed by atoms with E-state index in [1.165, 1.54) is 6.42 Å². The number of hydrogen-bond acceptors (Lipinski definition) is 6. The van der Waals surface area contributed by atoms with Gasteiger partial charge in [0.2, 0.25) is 0 Å². The average molecular weight is 371 g/mol. The Morgan fingerprint density at radius 3 is 1.46 bits per heavy atom. The standard InChI is InChI=1S/C11H16O2.C6H9NO6/c12-9-5-4-6-10(13)11(9)7-2-1-3-8-11;8-4(9)1-7(2-5(10)11)3-6(12)13/h1-8H2;1-3H2,(H,8,9)(H,10,11)(H,12,13). The van der Waals surface area contributed by atoms with Gasteiger partial charge in [-0.25, -0.2) is 0 Å². The number of ketones is 2. The molecule has 146 valence electrons. The highest BCUT2D eigenvalue weighted by atomic mass is 16.4. The smallest absolute Gasteiger partial charge is 0.317 e. The van der Waals surface area contributed by atoms with Gasteiger partial charge in [0.05, 0.1) is 25.0 Å². The first kappa shape index (κ1) is 21.8. The fourth-order valence-electron chi connectivity index (χ4n) is 3.50.